The molecule has 0 fully saturated rings. The summed E-state index contributed by atoms with van der Waals surface area (Å²) < 4.78 is 7.33. The molecule has 1 N–H and O–H groups in total. The van der Waals surface area contributed by atoms with Crippen LogP contribution in [0.1, 0.15) is 19.0 Å². The zero-order valence-corrected chi connectivity index (χ0v) is 11.5. The van der Waals surface area contributed by atoms with Crippen LogP contribution in [0.15, 0.2) is 30.7 Å². The molecule has 0 amide bonds. The zero-order chi connectivity index (χ0) is 13.5. The molecule has 2 aromatic rings. The van der Waals surface area contributed by atoms with E-state index < -0.39 is 0 Å². The molecule has 0 radical (unpaired) electrons. The molecule has 2 aromatic heterocycles. The number of hydrogen-bond donors (Lipinski definition) is 1. The van der Waals surface area contributed by atoms with Crippen molar-refractivity contribution < 1.29 is 4.74 Å². The van der Waals surface area contributed by atoms with E-state index >= 15 is 0 Å². The Bertz CT molecular complexity index is 510. The van der Waals surface area contributed by atoms with E-state index in [2.05, 4.69) is 15.3 Å². The third kappa shape index (κ3) is 3.54. The Balaban J connectivity index is 2.00. The minimum absolute atomic E-state index is 0.767. The third-order valence-electron chi connectivity index (χ3n) is 2.83. The molecule has 19 heavy (non-hydrogen) atoms. The van der Waals surface area contributed by atoms with Crippen LogP contribution in [-0.2, 0) is 4.74 Å². The first-order valence-corrected chi connectivity index (χ1v) is 6.60. The SMILES string of the molecule is CCOCCCNc1nccn1-c1cccnc1C. The number of imidazole rings is 1. The maximum atomic E-state index is 5.31. The van der Waals surface area contributed by atoms with Crippen molar-refractivity contribution >= 4 is 5.95 Å². The minimum atomic E-state index is 0.767. The van der Waals surface area contributed by atoms with Crippen LogP contribution in [0, 0.1) is 6.92 Å². The first-order chi connectivity index (χ1) is 9.33. The van der Waals surface area contributed by atoms with Crippen LogP contribution in [0.4, 0.5) is 5.95 Å². The summed E-state index contributed by atoms with van der Waals surface area (Å²) in [6.45, 7) is 6.38. The molecular formula is C14H20N4O. The fraction of sp³-hybridized carbons (Fsp3) is 0.429. The van der Waals surface area contributed by atoms with Gasteiger partial charge in [0.1, 0.15) is 0 Å². The van der Waals surface area contributed by atoms with Gasteiger partial charge in [0.2, 0.25) is 5.95 Å². The van der Waals surface area contributed by atoms with Gasteiger partial charge in [0.25, 0.3) is 0 Å². The molecule has 0 aliphatic carbocycles. The van der Waals surface area contributed by atoms with E-state index in [1.165, 1.54) is 0 Å². The van der Waals surface area contributed by atoms with Crippen molar-refractivity contribution in [3.8, 4) is 5.69 Å². The first-order valence-electron chi connectivity index (χ1n) is 6.60. The van der Waals surface area contributed by atoms with Gasteiger partial charge in [0.15, 0.2) is 0 Å². The second kappa shape index (κ2) is 6.89. The monoisotopic (exact) mass is 260 g/mol. The predicted octanol–water partition coefficient (Wildman–Crippen LogP) is 2.41. The fourth-order valence-corrected chi connectivity index (χ4v) is 1.88. The summed E-state index contributed by atoms with van der Waals surface area (Å²) >= 11 is 0. The zero-order valence-electron chi connectivity index (χ0n) is 11.5. The molecule has 5 nitrogen and oxygen atoms in total. The van der Waals surface area contributed by atoms with Crippen molar-refractivity contribution in [3.05, 3.63) is 36.4 Å². The largest absolute Gasteiger partial charge is 0.382 e. The second-order valence-corrected chi connectivity index (χ2v) is 4.21. The van der Waals surface area contributed by atoms with Crippen molar-refractivity contribution in [2.45, 2.75) is 20.3 Å². The van der Waals surface area contributed by atoms with Crippen molar-refractivity contribution in [3.63, 3.8) is 0 Å². The fourth-order valence-electron chi connectivity index (χ4n) is 1.88. The Morgan fingerprint density at radius 2 is 2.21 bits per heavy atom. The number of pyridine rings is 1. The lowest BCUT2D eigenvalue weighted by Gasteiger charge is -2.11. The standard InChI is InChI=1S/C14H20N4O/c1-3-19-11-5-8-16-14-17-9-10-18(14)13-6-4-7-15-12(13)2/h4,6-7,9-10H,3,5,8,11H2,1-2H3,(H,16,17). The number of nitrogens with zero attached hydrogens (tertiary/aromatic N) is 3. The van der Waals surface area contributed by atoms with Crippen molar-refractivity contribution in [2.24, 2.45) is 0 Å². The van der Waals surface area contributed by atoms with Gasteiger partial charge in [0, 0.05) is 38.3 Å². The van der Waals surface area contributed by atoms with Gasteiger partial charge in [-0.2, -0.15) is 0 Å². The highest BCUT2D eigenvalue weighted by Crippen LogP contribution is 2.16. The van der Waals surface area contributed by atoms with Crippen LogP contribution in [0.2, 0.25) is 0 Å². The van der Waals surface area contributed by atoms with Crippen molar-refractivity contribution in [1.29, 1.82) is 0 Å². The summed E-state index contributed by atoms with van der Waals surface area (Å²) in [4.78, 5) is 8.64. The normalized spacial score (nSPS) is 10.6. The van der Waals surface area contributed by atoms with Gasteiger partial charge in [-0.05, 0) is 32.4 Å². The Labute approximate surface area is 113 Å². The second-order valence-electron chi connectivity index (χ2n) is 4.21. The van der Waals surface area contributed by atoms with Gasteiger partial charge >= 0.3 is 0 Å². The van der Waals surface area contributed by atoms with Gasteiger partial charge < -0.3 is 10.1 Å². The van der Waals surface area contributed by atoms with Gasteiger partial charge in [-0.1, -0.05) is 0 Å². The molecule has 0 aliphatic rings. The Hall–Kier alpha value is -1.88. The molecular weight excluding hydrogens is 240 g/mol. The number of aryl methyl sites for hydroxylation is 1. The van der Waals surface area contributed by atoms with Gasteiger partial charge in [-0.3, -0.25) is 9.55 Å². The van der Waals surface area contributed by atoms with Crippen LogP contribution in [0.3, 0.4) is 0 Å². The van der Waals surface area contributed by atoms with Crippen LogP contribution in [-0.4, -0.2) is 34.3 Å². The molecule has 0 saturated carbocycles. The van der Waals surface area contributed by atoms with Gasteiger partial charge in [-0.25, -0.2) is 4.98 Å². The number of aromatic nitrogens is 3. The highest BCUT2D eigenvalue weighted by Gasteiger charge is 2.06. The van der Waals surface area contributed by atoms with Crippen LogP contribution in [0.25, 0.3) is 5.69 Å². The van der Waals surface area contributed by atoms with Gasteiger partial charge in [-0.15, -0.1) is 0 Å². The number of anilines is 1. The quantitative estimate of drug-likeness (QED) is 0.777. The average Bonchev–Trinajstić information content (AvgIpc) is 2.87. The summed E-state index contributed by atoms with van der Waals surface area (Å²) in [5.74, 6) is 0.840. The van der Waals surface area contributed by atoms with E-state index in [0.29, 0.717) is 0 Å². The van der Waals surface area contributed by atoms with Crippen molar-refractivity contribution in [2.75, 3.05) is 25.1 Å². The molecule has 102 valence electrons. The van der Waals surface area contributed by atoms with Crippen LogP contribution >= 0.6 is 0 Å². The smallest absolute Gasteiger partial charge is 0.207 e. The molecule has 0 unspecified atom stereocenters. The third-order valence-corrected chi connectivity index (χ3v) is 2.83. The molecule has 0 atom stereocenters. The van der Waals surface area contributed by atoms with E-state index in [9.17, 15) is 0 Å². The van der Waals surface area contributed by atoms with Crippen LogP contribution in [0.5, 0.6) is 0 Å². The summed E-state index contributed by atoms with van der Waals surface area (Å²) in [7, 11) is 0. The number of rotatable bonds is 7. The van der Waals surface area contributed by atoms with Gasteiger partial charge in [0.05, 0.1) is 11.4 Å². The molecule has 0 aromatic carbocycles. The Morgan fingerprint density at radius 3 is 3.00 bits per heavy atom. The molecule has 0 spiro atoms. The summed E-state index contributed by atoms with van der Waals surface area (Å²) in [5.41, 5.74) is 2.03. The number of nitrogens with one attached hydrogen (secondary N) is 1. The average molecular weight is 260 g/mol. The molecule has 2 heterocycles. The highest BCUT2D eigenvalue weighted by atomic mass is 16.5. The molecule has 2 rings (SSSR count). The van der Waals surface area contributed by atoms with E-state index in [1.807, 2.05) is 36.7 Å². The minimum Gasteiger partial charge on any atom is -0.382 e. The van der Waals surface area contributed by atoms with Crippen LogP contribution < -0.4 is 5.32 Å². The summed E-state index contributed by atoms with van der Waals surface area (Å²) in [6, 6.07) is 3.97. The van der Waals surface area contributed by atoms with E-state index in [-0.39, 0.29) is 0 Å². The number of hydrogen-bond acceptors (Lipinski definition) is 4. The summed E-state index contributed by atoms with van der Waals surface area (Å²) in [5, 5.41) is 3.32. The molecule has 0 saturated heterocycles. The highest BCUT2D eigenvalue weighted by molar-refractivity contribution is 5.43. The van der Waals surface area contributed by atoms with Crippen molar-refractivity contribution in [1.82, 2.24) is 14.5 Å². The number of ether oxygens (including phenoxy) is 1. The molecule has 0 bridgehead atoms. The molecule has 0 aliphatic heterocycles. The first kappa shape index (κ1) is 13.5. The van der Waals surface area contributed by atoms with E-state index in [1.54, 1.807) is 12.4 Å². The Kier molecular flexibility index (Phi) is 4.92. The topological polar surface area (TPSA) is 52.0 Å². The predicted molar refractivity (Wildman–Crippen MR) is 75.7 cm³/mol. The maximum Gasteiger partial charge on any atom is 0.207 e. The Morgan fingerprint density at radius 1 is 1.32 bits per heavy atom. The lowest BCUT2D eigenvalue weighted by atomic mass is 10.3. The van der Waals surface area contributed by atoms with E-state index in [4.69, 9.17) is 4.74 Å². The summed E-state index contributed by atoms with van der Waals surface area (Å²) in [6.07, 6.45) is 6.49. The lowest BCUT2D eigenvalue weighted by Crippen LogP contribution is -2.10. The maximum absolute atomic E-state index is 5.31. The molecule has 5 heteroatoms. The lowest BCUT2D eigenvalue weighted by molar-refractivity contribution is 0.147. The van der Waals surface area contributed by atoms with E-state index in [0.717, 1.165) is 43.5 Å².